The standard InChI is InChI=1S/C54H64O8P2.C22H30O4.C16H18ClO2P/c1-33-17-21-47(37(5)25-33)57-63(58-48-22-18-34(2)26-38(48)6)61-51-43(29-41(55-15)31-45(51)53(9,10)11)44-30-42(56-16)32-46(54(12,13)14)52(44)62-64(59-49-23-19-35(3)27-39(49)7)60-50-24-20-36(4)28-40(50)8;1-21(2,3)17-11-13(25-7)9-15(19(17)23)16-10-14(26-8)12-18(20(16)24)22(4,5)6;1-11-5-7-15(13(3)9-11)18-20(17)19-16-8-6-12(2)10-14(16)4/h17-32H,1-16H3;9-12,23-24H,1-8H3;5-10H,1-4H3. The van der Waals surface area contributed by atoms with Crippen molar-refractivity contribution in [3.63, 3.8) is 0 Å². The fourth-order valence-electron chi connectivity index (χ4n) is 12.3. The number of hydrogen-bond donors (Lipinski definition) is 2. The van der Waals surface area contributed by atoms with Crippen LogP contribution in [-0.4, -0.2) is 38.7 Å². The number of rotatable bonds is 22. The molecule has 18 heteroatoms. The van der Waals surface area contributed by atoms with Crippen molar-refractivity contribution in [3.8, 4) is 103 Å². The summed E-state index contributed by atoms with van der Waals surface area (Å²) in [5, 5.41) is 21.9. The average molecular weight is 1570 g/mol. The molecular weight excluding hydrogens is 1460 g/mol. The summed E-state index contributed by atoms with van der Waals surface area (Å²) in [6, 6.07) is 51.4. The number of methoxy groups -OCH3 is 4. The summed E-state index contributed by atoms with van der Waals surface area (Å²) < 4.78 is 76.1. The van der Waals surface area contributed by atoms with Crippen LogP contribution in [0.25, 0.3) is 22.3 Å². The third-order valence-corrected chi connectivity index (χ3v) is 21.5. The molecule has 0 atom stereocenters. The van der Waals surface area contributed by atoms with Gasteiger partial charge in [-0.2, -0.15) is 0 Å². The van der Waals surface area contributed by atoms with Crippen molar-refractivity contribution in [2.24, 2.45) is 0 Å². The van der Waals surface area contributed by atoms with Crippen LogP contribution in [0.5, 0.6) is 80.5 Å². The SMILES string of the molecule is COc1cc(-c2cc(OC)cc(C(C)(C)C)c2O)c(O)c(C(C)(C)C)c1.COc1cc(-c2cc(OC)cc(C(C)(C)C)c2OP(Oc2ccc(C)cc2C)Oc2ccc(C)cc2C)c(OP(Oc2ccc(C)cc2C)Oc2ccc(C)cc2C)c(C(C)(C)C)c1.Cc1ccc(OP(Cl)Oc2ccc(C)cc2C)c(C)c1. The van der Waals surface area contributed by atoms with Crippen molar-refractivity contribution in [1.82, 2.24) is 0 Å². The topological polar surface area (TPSA) is 151 Å². The first kappa shape index (κ1) is 86.6. The van der Waals surface area contributed by atoms with Crippen LogP contribution in [0.15, 0.2) is 158 Å². The summed E-state index contributed by atoms with van der Waals surface area (Å²) in [5.41, 5.74) is 17.1. The molecular formula is C92H112ClO14P3. The summed E-state index contributed by atoms with van der Waals surface area (Å²) in [4.78, 5) is 0. The Morgan fingerprint density at radius 3 is 0.655 bits per heavy atom. The van der Waals surface area contributed by atoms with Crippen LogP contribution in [0.4, 0.5) is 0 Å². The summed E-state index contributed by atoms with van der Waals surface area (Å²) >= 11 is 6.19. The Morgan fingerprint density at radius 2 is 0.455 bits per heavy atom. The first-order valence-corrected chi connectivity index (χ1v) is 41.0. The lowest BCUT2D eigenvalue weighted by Crippen LogP contribution is -2.17. The third kappa shape index (κ3) is 22.6. The van der Waals surface area contributed by atoms with E-state index >= 15 is 0 Å². The van der Waals surface area contributed by atoms with Crippen molar-refractivity contribution in [1.29, 1.82) is 0 Å². The fourth-order valence-corrected chi connectivity index (χ4v) is 15.9. The minimum atomic E-state index is -2.13. The molecule has 0 aliphatic heterocycles. The summed E-state index contributed by atoms with van der Waals surface area (Å²) in [6.45, 7) is 49.5. The lowest BCUT2D eigenvalue weighted by molar-refractivity contribution is 0.374. The third-order valence-electron chi connectivity index (χ3n) is 18.4. The highest BCUT2D eigenvalue weighted by Crippen LogP contribution is 2.57. The summed E-state index contributed by atoms with van der Waals surface area (Å²) in [5.74, 6) is 8.06. The van der Waals surface area contributed by atoms with Gasteiger partial charge in [-0.25, -0.2) is 0 Å². The maximum atomic E-state index is 11.0. The molecule has 0 unspecified atom stereocenters. The Kier molecular flexibility index (Phi) is 28.7. The van der Waals surface area contributed by atoms with E-state index < -0.39 is 35.8 Å². The van der Waals surface area contributed by atoms with Gasteiger partial charge in [0.05, 0.1) is 28.4 Å². The fraction of sp³-hybridized carbons (Fsp3) is 0.348. The van der Waals surface area contributed by atoms with Gasteiger partial charge < -0.3 is 65.4 Å². The van der Waals surface area contributed by atoms with E-state index in [9.17, 15) is 10.2 Å². The zero-order valence-corrected chi connectivity index (χ0v) is 73.0. The molecule has 0 saturated carbocycles. The first-order chi connectivity index (χ1) is 51.5. The van der Waals surface area contributed by atoms with Crippen LogP contribution in [0.1, 0.15) is 172 Å². The highest BCUT2D eigenvalue weighted by molar-refractivity contribution is 7.76. The normalized spacial score (nSPS) is 11.6. The molecule has 10 rings (SSSR count). The van der Waals surface area contributed by atoms with Crippen molar-refractivity contribution in [2.45, 2.75) is 188 Å². The molecule has 0 aliphatic rings. The zero-order chi connectivity index (χ0) is 81.2. The Morgan fingerprint density at radius 1 is 0.255 bits per heavy atom. The molecule has 110 heavy (non-hydrogen) atoms. The van der Waals surface area contributed by atoms with Gasteiger partial charge in [0.1, 0.15) is 80.5 Å². The molecule has 10 aromatic carbocycles. The number of benzene rings is 10. The van der Waals surface area contributed by atoms with Crippen LogP contribution in [-0.2, 0) is 21.7 Å². The van der Waals surface area contributed by atoms with Crippen LogP contribution in [0.3, 0.4) is 0 Å². The molecule has 0 aromatic heterocycles. The maximum Gasteiger partial charge on any atom is 0.530 e. The molecule has 0 fully saturated rings. The van der Waals surface area contributed by atoms with Gasteiger partial charge in [0.15, 0.2) is 0 Å². The van der Waals surface area contributed by atoms with E-state index in [0.29, 0.717) is 79.7 Å². The predicted octanol–water partition coefficient (Wildman–Crippen LogP) is 27.2. The molecule has 10 aromatic rings. The Balaban J connectivity index is 0.000000267. The second kappa shape index (κ2) is 36.4. The number of phenolic OH excluding ortho intramolecular Hbond substituents is 2. The van der Waals surface area contributed by atoms with E-state index in [0.717, 1.165) is 89.4 Å². The number of hydrogen-bond acceptors (Lipinski definition) is 14. The second-order valence-electron chi connectivity index (χ2n) is 32.2. The molecule has 586 valence electrons. The number of ether oxygens (including phenoxy) is 4. The predicted molar refractivity (Wildman–Crippen MR) is 455 cm³/mol. The van der Waals surface area contributed by atoms with Gasteiger partial charge in [-0.15, -0.1) is 0 Å². The van der Waals surface area contributed by atoms with Gasteiger partial charge in [0.25, 0.3) is 0 Å². The number of phenols is 2. The van der Waals surface area contributed by atoms with Crippen LogP contribution < -0.4 is 55.1 Å². The molecule has 14 nitrogen and oxygen atoms in total. The molecule has 0 spiro atoms. The smallest absolute Gasteiger partial charge is 0.507 e. The van der Waals surface area contributed by atoms with Gasteiger partial charge in [0, 0.05) is 44.5 Å². The minimum Gasteiger partial charge on any atom is -0.507 e. The second-order valence-corrected chi connectivity index (χ2v) is 35.9. The van der Waals surface area contributed by atoms with Crippen molar-refractivity contribution >= 4 is 36.2 Å². The Bertz CT molecular complexity index is 4480. The van der Waals surface area contributed by atoms with Gasteiger partial charge in [0.2, 0.25) is 0 Å². The van der Waals surface area contributed by atoms with Gasteiger partial charge in [-0.05, 0) is 234 Å². The molecule has 0 amide bonds. The van der Waals surface area contributed by atoms with E-state index in [-0.39, 0.29) is 22.3 Å². The highest BCUT2D eigenvalue weighted by Gasteiger charge is 2.36. The molecule has 0 bridgehead atoms. The van der Waals surface area contributed by atoms with Crippen molar-refractivity contribution in [2.75, 3.05) is 28.4 Å². The largest absolute Gasteiger partial charge is 0.530 e. The van der Waals surface area contributed by atoms with Crippen LogP contribution in [0.2, 0.25) is 0 Å². The van der Waals surface area contributed by atoms with Crippen LogP contribution >= 0.6 is 36.2 Å². The Hall–Kier alpha value is -9.02. The summed E-state index contributed by atoms with van der Waals surface area (Å²) in [6.07, 6.45) is 0. The van der Waals surface area contributed by atoms with E-state index in [2.05, 4.69) is 106 Å². The van der Waals surface area contributed by atoms with Crippen LogP contribution in [0, 0.1) is 83.1 Å². The molecule has 0 heterocycles. The molecule has 0 saturated heterocycles. The van der Waals surface area contributed by atoms with E-state index in [1.54, 1.807) is 40.6 Å². The monoisotopic (exact) mass is 1570 g/mol. The zero-order valence-electron chi connectivity index (χ0n) is 69.5. The molecule has 2 N–H and O–H groups in total. The first-order valence-electron chi connectivity index (χ1n) is 36.7. The average Bonchev–Trinajstić information content (AvgIpc) is 0.753. The highest BCUT2D eigenvalue weighted by atomic mass is 35.7. The van der Waals surface area contributed by atoms with Gasteiger partial charge >= 0.3 is 24.9 Å². The van der Waals surface area contributed by atoms with E-state index in [1.807, 2.05) is 206 Å². The minimum absolute atomic E-state index is 0.140. The number of aromatic hydroxyl groups is 2. The van der Waals surface area contributed by atoms with E-state index in [1.165, 1.54) is 11.1 Å². The van der Waals surface area contributed by atoms with Gasteiger partial charge in [-0.3, -0.25) is 0 Å². The molecule has 0 aliphatic carbocycles. The molecule has 0 radical (unpaired) electrons. The van der Waals surface area contributed by atoms with E-state index in [4.69, 9.17) is 66.4 Å². The maximum absolute atomic E-state index is 11.0. The van der Waals surface area contributed by atoms with Crippen molar-refractivity contribution < 1.29 is 65.4 Å². The summed E-state index contributed by atoms with van der Waals surface area (Å²) in [7, 11) is 0.751. The Labute approximate surface area is 663 Å². The number of halogens is 1. The lowest BCUT2D eigenvalue weighted by Gasteiger charge is -2.30. The lowest BCUT2D eigenvalue weighted by atomic mass is 9.81. The van der Waals surface area contributed by atoms with Crippen molar-refractivity contribution in [3.05, 3.63) is 247 Å². The van der Waals surface area contributed by atoms with Gasteiger partial charge in [-0.1, -0.05) is 189 Å². The number of aryl methyl sites for hydroxylation is 12. The quantitative estimate of drug-likeness (QED) is 0.0619.